The molecule has 2 aromatic rings. The second-order valence-corrected chi connectivity index (χ2v) is 6.19. The number of nitrogens with zero attached hydrogens (tertiary/aromatic N) is 2. The third kappa shape index (κ3) is 3.21. The van der Waals surface area contributed by atoms with Crippen molar-refractivity contribution in [3.05, 3.63) is 51.3 Å². The lowest BCUT2D eigenvalue weighted by Gasteiger charge is -2.08. The maximum Gasteiger partial charge on any atom is 0.0662 e. The first-order chi connectivity index (χ1) is 9.02. The highest BCUT2D eigenvalue weighted by atomic mass is 79.9. The van der Waals surface area contributed by atoms with Gasteiger partial charge in [-0.05, 0) is 38.0 Å². The Kier molecular flexibility index (Phi) is 4.69. The van der Waals surface area contributed by atoms with Gasteiger partial charge in [0.15, 0.2) is 0 Å². The zero-order chi connectivity index (χ0) is 14.0. The molecule has 1 aromatic carbocycles. The molecule has 0 amide bonds. The molecular weight excluding hydrogens is 324 g/mol. The summed E-state index contributed by atoms with van der Waals surface area (Å²) in [6.07, 6.45) is 0.924. The van der Waals surface area contributed by atoms with Gasteiger partial charge in [0.2, 0.25) is 0 Å². The number of aromatic nitrogens is 2. The Morgan fingerprint density at radius 1 is 1.26 bits per heavy atom. The number of hydrogen-bond donors (Lipinski definition) is 0. The molecule has 1 aromatic heterocycles. The molecule has 0 spiro atoms. The van der Waals surface area contributed by atoms with Crippen LogP contribution in [-0.4, -0.2) is 9.78 Å². The molecule has 0 aliphatic carbocycles. The summed E-state index contributed by atoms with van der Waals surface area (Å²) in [6.45, 7) is 7.01. The van der Waals surface area contributed by atoms with Gasteiger partial charge in [0, 0.05) is 15.7 Å². The maximum absolute atomic E-state index is 6.38. The van der Waals surface area contributed by atoms with Crippen molar-refractivity contribution < 1.29 is 0 Å². The van der Waals surface area contributed by atoms with Crippen LogP contribution in [0.15, 0.2) is 28.7 Å². The zero-order valence-electron chi connectivity index (χ0n) is 11.5. The van der Waals surface area contributed by atoms with Gasteiger partial charge in [-0.15, -0.1) is 11.6 Å². The number of aryl methyl sites for hydroxylation is 1. The lowest BCUT2D eigenvalue weighted by Crippen LogP contribution is -2.04. The van der Waals surface area contributed by atoms with Crippen LogP contribution in [0, 0.1) is 13.8 Å². The molecule has 0 aliphatic heterocycles. The molecule has 102 valence electrons. The third-order valence-corrected chi connectivity index (χ3v) is 4.41. The molecule has 0 bridgehead atoms. The summed E-state index contributed by atoms with van der Waals surface area (Å²) in [5.41, 5.74) is 4.63. The molecule has 2 nitrogen and oxygen atoms in total. The lowest BCUT2D eigenvalue weighted by atomic mass is 10.1. The van der Waals surface area contributed by atoms with E-state index in [0.29, 0.717) is 0 Å². The fourth-order valence-electron chi connectivity index (χ4n) is 2.28. The Balaban J connectivity index is 2.29. The van der Waals surface area contributed by atoms with Crippen LogP contribution in [0.3, 0.4) is 0 Å². The van der Waals surface area contributed by atoms with E-state index in [1.165, 1.54) is 16.8 Å². The number of alkyl halides is 1. The van der Waals surface area contributed by atoms with Crippen LogP contribution >= 0.6 is 27.5 Å². The van der Waals surface area contributed by atoms with Gasteiger partial charge in [-0.25, -0.2) is 0 Å². The van der Waals surface area contributed by atoms with Gasteiger partial charge >= 0.3 is 0 Å². The smallest absolute Gasteiger partial charge is 0.0662 e. The molecule has 0 saturated heterocycles. The minimum absolute atomic E-state index is 0.0543. The van der Waals surface area contributed by atoms with Gasteiger partial charge in [-0.2, -0.15) is 5.10 Å². The quantitative estimate of drug-likeness (QED) is 0.715. The van der Waals surface area contributed by atoms with Crippen molar-refractivity contribution in [2.24, 2.45) is 0 Å². The van der Waals surface area contributed by atoms with Gasteiger partial charge in [-0.3, -0.25) is 4.68 Å². The van der Waals surface area contributed by atoms with Crippen molar-refractivity contribution in [1.29, 1.82) is 0 Å². The molecule has 0 radical (unpaired) electrons. The monoisotopic (exact) mass is 340 g/mol. The van der Waals surface area contributed by atoms with E-state index in [4.69, 9.17) is 11.6 Å². The predicted molar refractivity (Wildman–Crippen MR) is 83.8 cm³/mol. The second kappa shape index (κ2) is 6.10. The molecule has 1 heterocycles. The Morgan fingerprint density at radius 2 is 1.89 bits per heavy atom. The third-order valence-electron chi connectivity index (χ3n) is 3.35. The van der Waals surface area contributed by atoms with Crippen molar-refractivity contribution in [3.63, 3.8) is 0 Å². The molecule has 4 heteroatoms. The fraction of sp³-hybridized carbons (Fsp3) is 0.400. The largest absolute Gasteiger partial charge is 0.265 e. The van der Waals surface area contributed by atoms with E-state index in [-0.39, 0.29) is 5.38 Å². The second-order valence-electron chi connectivity index (χ2n) is 4.74. The molecule has 0 saturated carbocycles. The molecular formula is C15H18BrClN2. The predicted octanol–water partition coefficient (Wildman–Crippen LogP) is 5.00. The minimum atomic E-state index is 0.0543. The van der Waals surface area contributed by atoms with Crippen LogP contribution in [0.25, 0.3) is 0 Å². The number of hydrogen-bond acceptors (Lipinski definition) is 1. The highest BCUT2D eigenvalue weighted by Crippen LogP contribution is 2.29. The summed E-state index contributed by atoms with van der Waals surface area (Å²) in [4.78, 5) is 0. The molecule has 1 atom stereocenters. The number of halogens is 2. The van der Waals surface area contributed by atoms with E-state index in [1.54, 1.807) is 0 Å². The van der Waals surface area contributed by atoms with Gasteiger partial charge < -0.3 is 0 Å². The average Bonchev–Trinajstić information content (AvgIpc) is 2.66. The van der Waals surface area contributed by atoms with E-state index in [2.05, 4.69) is 59.1 Å². The van der Waals surface area contributed by atoms with Crippen molar-refractivity contribution in [3.8, 4) is 0 Å². The Hall–Kier alpha value is -0.800. The van der Waals surface area contributed by atoms with Crippen LogP contribution < -0.4 is 0 Å². The number of rotatable bonds is 4. The highest BCUT2D eigenvalue weighted by molar-refractivity contribution is 9.10. The molecule has 0 N–H and O–H groups in total. The van der Waals surface area contributed by atoms with Gasteiger partial charge in [0.05, 0.1) is 17.6 Å². The average molecular weight is 342 g/mol. The van der Waals surface area contributed by atoms with E-state index in [0.717, 1.165) is 23.1 Å². The summed E-state index contributed by atoms with van der Waals surface area (Å²) in [5.74, 6) is 0. The fourth-order valence-corrected chi connectivity index (χ4v) is 2.87. The Morgan fingerprint density at radius 3 is 2.47 bits per heavy atom. The minimum Gasteiger partial charge on any atom is -0.265 e. The summed E-state index contributed by atoms with van der Waals surface area (Å²) in [6, 6.07) is 8.33. The van der Waals surface area contributed by atoms with Crippen LogP contribution in [-0.2, 0) is 6.54 Å². The first kappa shape index (κ1) is 14.6. The van der Waals surface area contributed by atoms with Crippen LogP contribution in [0.5, 0.6) is 0 Å². The van der Waals surface area contributed by atoms with E-state index >= 15 is 0 Å². The van der Waals surface area contributed by atoms with Crippen molar-refractivity contribution >= 4 is 27.5 Å². The topological polar surface area (TPSA) is 17.8 Å². The first-order valence-corrected chi connectivity index (χ1v) is 7.68. The van der Waals surface area contributed by atoms with Crippen molar-refractivity contribution in [1.82, 2.24) is 9.78 Å². The normalized spacial score (nSPS) is 12.7. The van der Waals surface area contributed by atoms with Crippen molar-refractivity contribution in [2.45, 2.75) is 39.1 Å². The Bertz CT molecular complexity index is 560. The highest BCUT2D eigenvalue weighted by Gasteiger charge is 2.17. The summed E-state index contributed by atoms with van der Waals surface area (Å²) in [5, 5.41) is 4.67. The lowest BCUT2D eigenvalue weighted by molar-refractivity contribution is 0.657. The Labute approximate surface area is 127 Å². The molecule has 1 unspecified atom stereocenters. The van der Waals surface area contributed by atoms with Crippen LogP contribution in [0.1, 0.15) is 41.2 Å². The zero-order valence-corrected chi connectivity index (χ0v) is 13.8. The van der Waals surface area contributed by atoms with E-state index < -0.39 is 0 Å². The number of benzene rings is 1. The van der Waals surface area contributed by atoms with Crippen LogP contribution in [0.2, 0.25) is 0 Å². The molecule has 2 rings (SSSR count). The standard InChI is InChI=1S/C15H18BrClN2/c1-4-14(17)15-10(2)18-19(11(15)3)9-12-5-7-13(16)8-6-12/h5-8,14H,4,9H2,1-3H3. The van der Waals surface area contributed by atoms with Gasteiger partial charge in [0.25, 0.3) is 0 Å². The first-order valence-electron chi connectivity index (χ1n) is 6.45. The summed E-state index contributed by atoms with van der Waals surface area (Å²) in [7, 11) is 0. The summed E-state index contributed by atoms with van der Waals surface area (Å²) >= 11 is 9.83. The van der Waals surface area contributed by atoms with Gasteiger partial charge in [0.1, 0.15) is 0 Å². The van der Waals surface area contributed by atoms with Gasteiger partial charge in [-0.1, -0.05) is 35.0 Å². The SMILES string of the molecule is CCC(Cl)c1c(C)nn(Cc2ccc(Br)cc2)c1C. The van der Waals surface area contributed by atoms with Crippen molar-refractivity contribution in [2.75, 3.05) is 0 Å². The van der Waals surface area contributed by atoms with E-state index in [1.807, 2.05) is 11.6 Å². The molecule has 19 heavy (non-hydrogen) atoms. The van der Waals surface area contributed by atoms with Crippen LogP contribution in [0.4, 0.5) is 0 Å². The summed E-state index contributed by atoms with van der Waals surface area (Å²) < 4.78 is 3.14. The molecule has 0 fully saturated rings. The van der Waals surface area contributed by atoms with E-state index in [9.17, 15) is 0 Å². The maximum atomic E-state index is 6.38. The molecule has 0 aliphatic rings.